The molecule has 1 aromatic rings. The summed E-state index contributed by atoms with van der Waals surface area (Å²) in [5.41, 5.74) is 0. The number of aliphatic carboxylic acids is 1. The zero-order valence-electron chi connectivity index (χ0n) is 16.7. The quantitative estimate of drug-likeness (QED) is 0.783. The van der Waals surface area contributed by atoms with E-state index in [1.807, 2.05) is 25.1 Å². The van der Waals surface area contributed by atoms with Crippen molar-refractivity contribution in [2.75, 3.05) is 70.2 Å². The molecule has 0 amide bonds. The molecule has 1 aromatic heterocycles. The predicted octanol–water partition coefficient (Wildman–Crippen LogP) is 0.850. The first kappa shape index (κ1) is 19.8. The van der Waals surface area contributed by atoms with Crippen LogP contribution >= 0.6 is 0 Å². The van der Waals surface area contributed by atoms with Crippen LogP contribution in [-0.2, 0) is 4.79 Å². The van der Waals surface area contributed by atoms with Crippen LogP contribution in [0.2, 0.25) is 0 Å². The van der Waals surface area contributed by atoms with E-state index in [2.05, 4.69) is 31.7 Å². The van der Waals surface area contributed by atoms with Gasteiger partial charge < -0.3 is 19.8 Å². The number of hydrogen-bond donors (Lipinski definition) is 1. The third kappa shape index (κ3) is 5.07. The Labute approximate surface area is 161 Å². The zero-order valence-corrected chi connectivity index (χ0v) is 16.7. The molecule has 2 aliphatic rings. The van der Waals surface area contributed by atoms with Crippen molar-refractivity contribution >= 4 is 17.6 Å². The van der Waals surface area contributed by atoms with Gasteiger partial charge in [0.2, 0.25) is 0 Å². The average molecular weight is 377 g/mol. The first-order valence-electron chi connectivity index (χ1n) is 9.82. The van der Waals surface area contributed by atoms with E-state index in [1.165, 1.54) is 0 Å². The molecule has 0 unspecified atom stereocenters. The number of piperazine rings is 1. The zero-order chi connectivity index (χ0) is 19.4. The third-order valence-corrected chi connectivity index (χ3v) is 5.85. The third-order valence-electron chi connectivity index (χ3n) is 5.85. The van der Waals surface area contributed by atoms with E-state index in [4.69, 9.17) is 0 Å². The van der Waals surface area contributed by atoms with Crippen LogP contribution in [0.1, 0.15) is 19.3 Å². The van der Waals surface area contributed by atoms with Gasteiger partial charge in [-0.25, -0.2) is 9.97 Å². The molecule has 0 aliphatic carbocycles. The molecule has 0 spiro atoms. The summed E-state index contributed by atoms with van der Waals surface area (Å²) in [7, 11) is 6.11. The first-order valence-corrected chi connectivity index (χ1v) is 9.82. The monoisotopic (exact) mass is 376 g/mol. The highest BCUT2D eigenvalue weighted by Gasteiger charge is 2.35. The first-order chi connectivity index (χ1) is 12.9. The number of rotatable bonds is 6. The van der Waals surface area contributed by atoms with E-state index >= 15 is 0 Å². The number of aromatic nitrogens is 2. The molecule has 0 radical (unpaired) electrons. The molecule has 1 N–H and O–H groups in total. The van der Waals surface area contributed by atoms with Crippen molar-refractivity contribution in [3.05, 3.63) is 12.4 Å². The molecule has 8 heteroatoms. The van der Waals surface area contributed by atoms with Crippen LogP contribution in [0.5, 0.6) is 0 Å². The van der Waals surface area contributed by atoms with Crippen LogP contribution < -0.4 is 9.80 Å². The largest absolute Gasteiger partial charge is 0.481 e. The Morgan fingerprint density at radius 1 is 1.22 bits per heavy atom. The molecule has 2 atom stereocenters. The number of carboxylic acid groups (broad SMARTS) is 1. The molecule has 3 heterocycles. The van der Waals surface area contributed by atoms with Gasteiger partial charge in [-0.15, -0.1) is 0 Å². The number of piperidine rings is 1. The minimum Gasteiger partial charge on any atom is -0.481 e. The summed E-state index contributed by atoms with van der Waals surface area (Å²) in [5, 5.41) is 9.20. The average Bonchev–Trinajstić information content (AvgIpc) is 2.67. The van der Waals surface area contributed by atoms with Crippen molar-refractivity contribution in [1.29, 1.82) is 0 Å². The summed E-state index contributed by atoms with van der Waals surface area (Å²) in [5.74, 6) is 1.46. The summed E-state index contributed by atoms with van der Waals surface area (Å²) < 4.78 is 0. The van der Waals surface area contributed by atoms with Crippen LogP contribution in [-0.4, -0.2) is 97.3 Å². The van der Waals surface area contributed by atoms with Gasteiger partial charge in [-0.2, -0.15) is 0 Å². The van der Waals surface area contributed by atoms with Crippen molar-refractivity contribution < 1.29 is 9.90 Å². The Morgan fingerprint density at radius 2 is 1.96 bits per heavy atom. The fourth-order valence-corrected chi connectivity index (χ4v) is 4.21. The van der Waals surface area contributed by atoms with Gasteiger partial charge in [0.05, 0.1) is 0 Å². The molecule has 0 bridgehead atoms. The molecule has 150 valence electrons. The normalized spacial score (nSPS) is 24.8. The highest BCUT2D eigenvalue weighted by atomic mass is 16.4. The maximum atomic E-state index is 11.2. The van der Waals surface area contributed by atoms with Crippen molar-refractivity contribution in [3.63, 3.8) is 0 Å². The highest BCUT2D eigenvalue weighted by Crippen LogP contribution is 2.30. The van der Waals surface area contributed by atoms with Crippen molar-refractivity contribution in [1.82, 2.24) is 19.8 Å². The molecule has 2 aliphatic heterocycles. The van der Waals surface area contributed by atoms with Gasteiger partial charge in [0.15, 0.2) is 0 Å². The van der Waals surface area contributed by atoms with E-state index in [0.29, 0.717) is 18.4 Å². The Hall–Kier alpha value is -1.93. The van der Waals surface area contributed by atoms with Crippen LogP contribution in [0.25, 0.3) is 0 Å². The Balaban J connectivity index is 1.72. The fourth-order valence-electron chi connectivity index (χ4n) is 4.21. The summed E-state index contributed by atoms with van der Waals surface area (Å²) in [6.45, 7) is 6.12. The standard InChI is InChI=1S/C19H32N6O2/c1-22(2)17-12-18(21-14-20-17)25-7-6-16(15(13-25)4-5-19(26)27)24-10-8-23(3)9-11-24/h12,14-16H,4-11,13H2,1-3H3,(H,26,27)/t15-,16+/m1/s1. The Kier molecular flexibility index (Phi) is 6.49. The van der Waals surface area contributed by atoms with Crippen molar-refractivity contribution in [3.8, 4) is 0 Å². The molecule has 3 rings (SSSR count). The molecule has 2 saturated heterocycles. The second-order valence-electron chi connectivity index (χ2n) is 7.96. The fraction of sp³-hybridized carbons (Fsp3) is 0.737. The second-order valence-corrected chi connectivity index (χ2v) is 7.96. The number of nitrogens with zero attached hydrogens (tertiary/aromatic N) is 6. The van der Waals surface area contributed by atoms with E-state index in [9.17, 15) is 9.90 Å². The summed E-state index contributed by atoms with van der Waals surface area (Å²) in [4.78, 5) is 29.2. The number of hydrogen-bond acceptors (Lipinski definition) is 7. The minimum absolute atomic E-state index is 0.232. The number of carboxylic acids is 1. The lowest BCUT2D eigenvalue weighted by Crippen LogP contribution is -2.56. The van der Waals surface area contributed by atoms with E-state index < -0.39 is 5.97 Å². The molecular weight excluding hydrogens is 344 g/mol. The van der Waals surface area contributed by atoms with Crippen molar-refractivity contribution in [2.24, 2.45) is 5.92 Å². The smallest absolute Gasteiger partial charge is 0.303 e. The van der Waals surface area contributed by atoms with Crippen molar-refractivity contribution in [2.45, 2.75) is 25.3 Å². The van der Waals surface area contributed by atoms with Gasteiger partial charge in [0.25, 0.3) is 0 Å². The number of anilines is 2. The SMILES string of the molecule is CN1CCN([C@H]2CCN(c3cc(N(C)C)ncn3)C[C@H]2CCC(=O)O)CC1. The topological polar surface area (TPSA) is 76.0 Å². The van der Waals surface area contributed by atoms with Gasteiger partial charge >= 0.3 is 5.97 Å². The molecule has 0 saturated carbocycles. The lowest BCUT2D eigenvalue weighted by Gasteiger charge is -2.46. The van der Waals surface area contributed by atoms with Gasteiger partial charge in [0.1, 0.15) is 18.0 Å². The van der Waals surface area contributed by atoms with Crippen LogP contribution in [0.3, 0.4) is 0 Å². The lowest BCUT2D eigenvalue weighted by molar-refractivity contribution is -0.137. The van der Waals surface area contributed by atoms with Crippen LogP contribution in [0, 0.1) is 5.92 Å². The summed E-state index contributed by atoms with van der Waals surface area (Å²) >= 11 is 0. The van der Waals surface area contributed by atoms with Crippen LogP contribution in [0.15, 0.2) is 12.4 Å². The van der Waals surface area contributed by atoms with Gasteiger partial charge in [-0.1, -0.05) is 0 Å². The molecule has 27 heavy (non-hydrogen) atoms. The summed E-state index contributed by atoms with van der Waals surface area (Å²) in [6.07, 6.45) is 3.61. The maximum Gasteiger partial charge on any atom is 0.303 e. The molecular formula is C19H32N6O2. The van der Waals surface area contributed by atoms with Gasteiger partial charge in [-0.3, -0.25) is 9.69 Å². The minimum atomic E-state index is -0.707. The van der Waals surface area contributed by atoms with Crippen LogP contribution in [0.4, 0.5) is 11.6 Å². The molecule has 8 nitrogen and oxygen atoms in total. The summed E-state index contributed by atoms with van der Waals surface area (Å²) in [6, 6.07) is 2.48. The van der Waals surface area contributed by atoms with E-state index in [1.54, 1.807) is 6.33 Å². The molecule has 2 fully saturated rings. The van der Waals surface area contributed by atoms with E-state index in [-0.39, 0.29) is 6.42 Å². The second kappa shape index (κ2) is 8.84. The Morgan fingerprint density at radius 3 is 2.63 bits per heavy atom. The number of likely N-dealkylation sites (N-methyl/N-ethyl adjacent to an activating group) is 1. The van der Waals surface area contributed by atoms with Gasteiger partial charge in [-0.05, 0) is 25.8 Å². The number of carbonyl (C=O) groups is 1. The predicted molar refractivity (Wildman–Crippen MR) is 106 cm³/mol. The highest BCUT2D eigenvalue weighted by molar-refractivity contribution is 5.66. The molecule has 0 aromatic carbocycles. The van der Waals surface area contributed by atoms with Gasteiger partial charge in [0, 0.05) is 71.9 Å². The van der Waals surface area contributed by atoms with E-state index in [0.717, 1.165) is 57.3 Å². The Bertz CT molecular complexity index is 632. The maximum absolute atomic E-state index is 11.2. The lowest BCUT2D eigenvalue weighted by atomic mass is 9.86.